The zero-order valence-electron chi connectivity index (χ0n) is 11.3. The van der Waals surface area contributed by atoms with Gasteiger partial charge in [-0.25, -0.2) is 0 Å². The predicted molar refractivity (Wildman–Crippen MR) is 73.4 cm³/mol. The first kappa shape index (κ1) is 14.5. The quantitative estimate of drug-likeness (QED) is 0.775. The maximum absolute atomic E-state index is 12.4. The van der Waals surface area contributed by atoms with Crippen LogP contribution in [-0.2, 0) is 16.6 Å². The molecular weight excluding hydrogens is 276 g/mol. The molecule has 1 aromatic heterocycles. The van der Waals surface area contributed by atoms with Crippen LogP contribution in [0.3, 0.4) is 0 Å². The van der Waals surface area contributed by atoms with Crippen molar-refractivity contribution < 1.29 is 19.5 Å². The zero-order valence-corrected chi connectivity index (χ0v) is 11.3. The standard InChI is InChI=1S/C13H14N4O4/c1-16-9-5-3-2-4-8(9)12(15-16)13(21)17(6-10(14)18)7-11(19)20/h2-5H,6-7H2,1H3,(H2,14,18)(H,19,20). The number of carbonyl (C=O) groups is 3. The molecule has 0 fully saturated rings. The molecule has 0 bridgehead atoms. The third-order valence-electron chi connectivity index (χ3n) is 2.92. The van der Waals surface area contributed by atoms with Gasteiger partial charge in [-0.3, -0.25) is 19.1 Å². The lowest BCUT2D eigenvalue weighted by Gasteiger charge is -2.17. The van der Waals surface area contributed by atoms with E-state index >= 15 is 0 Å². The fraction of sp³-hybridized carbons (Fsp3) is 0.231. The molecule has 0 aliphatic carbocycles. The van der Waals surface area contributed by atoms with E-state index in [1.165, 1.54) is 4.68 Å². The summed E-state index contributed by atoms with van der Waals surface area (Å²) in [6, 6.07) is 7.04. The maximum Gasteiger partial charge on any atom is 0.323 e. The van der Waals surface area contributed by atoms with Crippen LogP contribution >= 0.6 is 0 Å². The number of amides is 2. The van der Waals surface area contributed by atoms with Crippen molar-refractivity contribution in [3.8, 4) is 0 Å². The van der Waals surface area contributed by atoms with Crippen LogP contribution in [0.4, 0.5) is 0 Å². The van der Waals surface area contributed by atoms with Gasteiger partial charge in [-0.2, -0.15) is 5.10 Å². The highest BCUT2D eigenvalue weighted by molar-refractivity contribution is 6.06. The molecule has 2 rings (SSSR count). The molecule has 0 saturated carbocycles. The van der Waals surface area contributed by atoms with Crippen molar-refractivity contribution in [3.63, 3.8) is 0 Å². The Balaban J connectivity index is 2.43. The minimum Gasteiger partial charge on any atom is -0.480 e. The van der Waals surface area contributed by atoms with E-state index in [0.717, 1.165) is 10.4 Å². The van der Waals surface area contributed by atoms with Gasteiger partial charge in [-0.15, -0.1) is 0 Å². The Kier molecular flexibility index (Phi) is 3.88. The Labute approximate surface area is 119 Å². The lowest BCUT2D eigenvalue weighted by Crippen LogP contribution is -2.41. The molecule has 21 heavy (non-hydrogen) atoms. The number of carboxylic acids is 1. The van der Waals surface area contributed by atoms with Crippen LogP contribution in [0.2, 0.25) is 0 Å². The molecule has 1 aromatic carbocycles. The van der Waals surface area contributed by atoms with Gasteiger partial charge in [-0.1, -0.05) is 18.2 Å². The van der Waals surface area contributed by atoms with Gasteiger partial charge >= 0.3 is 5.97 Å². The van der Waals surface area contributed by atoms with Crippen LogP contribution in [0.15, 0.2) is 24.3 Å². The number of aryl methyl sites for hydroxylation is 1. The lowest BCUT2D eigenvalue weighted by atomic mass is 10.2. The summed E-state index contributed by atoms with van der Waals surface area (Å²) in [7, 11) is 1.68. The van der Waals surface area contributed by atoms with Gasteiger partial charge < -0.3 is 15.7 Å². The number of hydrogen-bond donors (Lipinski definition) is 2. The molecule has 8 nitrogen and oxygen atoms in total. The predicted octanol–water partition coefficient (Wildman–Crippen LogP) is -0.415. The van der Waals surface area contributed by atoms with Crippen molar-refractivity contribution in [1.82, 2.24) is 14.7 Å². The highest BCUT2D eigenvalue weighted by Gasteiger charge is 2.24. The van der Waals surface area contributed by atoms with Gasteiger partial charge in [0.1, 0.15) is 13.1 Å². The first-order valence-electron chi connectivity index (χ1n) is 6.11. The van der Waals surface area contributed by atoms with Crippen LogP contribution in [0.25, 0.3) is 10.9 Å². The third kappa shape index (κ3) is 2.99. The van der Waals surface area contributed by atoms with Gasteiger partial charge in [0.15, 0.2) is 5.69 Å². The highest BCUT2D eigenvalue weighted by atomic mass is 16.4. The molecule has 0 aliphatic rings. The molecule has 1 heterocycles. The molecule has 0 spiro atoms. The van der Waals surface area contributed by atoms with E-state index in [9.17, 15) is 14.4 Å². The fourth-order valence-electron chi connectivity index (χ4n) is 2.07. The summed E-state index contributed by atoms with van der Waals surface area (Å²) in [4.78, 5) is 35.1. The van der Waals surface area contributed by atoms with E-state index in [0.29, 0.717) is 5.39 Å². The number of hydrogen-bond acceptors (Lipinski definition) is 4. The maximum atomic E-state index is 12.4. The third-order valence-corrected chi connectivity index (χ3v) is 2.92. The molecule has 2 amide bonds. The summed E-state index contributed by atoms with van der Waals surface area (Å²) in [5, 5.41) is 13.5. The molecule has 0 atom stereocenters. The van der Waals surface area contributed by atoms with Crippen molar-refractivity contribution in [2.24, 2.45) is 12.8 Å². The van der Waals surface area contributed by atoms with Crippen molar-refractivity contribution in [2.45, 2.75) is 0 Å². The number of aliphatic carboxylic acids is 1. The number of benzene rings is 1. The molecule has 0 saturated heterocycles. The van der Waals surface area contributed by atoms with E-state index < -0.39 is 30.9 Å². The van der Waals surface area contributed by atoms with Gasteiger partial charge in [0, 0.05) is 12.4 Å². The summed E-state index contributed by atoms with van der Waals surface area (Å²) >= 11 is 0. The molecule has 0 radical (unpaired) electrons. The molecule has 3 N–H and O–H groups in total. The van der Waals surface area contributed by atoms with Crippen molar-refractivity contribution in [2.75, 3.05) is 13.1 Å². The average Bonchev–Trinajstić information content (AvgIpc) is 2.74. The number of aromatic nitrogens is 2. The zero-order chi connectivity index (χ0) is 15.6. The molecular formula is C13H14N4O4. The smallest absolute Gasteiger partial charge is 0.323 e. The largest absolute Gasteiger partial charge is 0.480 e. The molecule has 8 heteroatoms. The van der Waals surface area contributed by atoms with Gasteiger partial charge in [-0.05, 0) is 6.07 Å². The first-order valence-corrected chi connectivity index (χ1v) is 6.11. The molecule has 0 aliphatic heterocycles. The number of fused-ring (bicyclic) bond motifs is 1. The molecule has 2 aromatic rings. The van der Waals surface area contributed by atoms with Crippen LogP contribution in [0.5, 0.6) is 0 Å². The Bertz CT molecular complexity index is 706. The Morgan fingerprint density at radius 1 is 1.29 bits per heavy atom. The SMILES string of the molecule is Cn1nc(C(=O)N(CC(N)=O)CC(=O)O)c2ccccc21. The number of nitrogens with two attached hydrogens (primary N) is 1. The average molecular weight is 290 g/mol. The monoisotopic (exact) mass is 290 g/mol. The van der Waals surface area contributed by atoms with Crippen LogP contribution < -0.4 is 5.73 Å². The van der Waals surface area contributed by atoms with Crippen LogP contribution in [0, 0.1) is 0 Å². The number of rotatable bonds is 5. The van der Waals surface area contributed by atoms with Crippen LogP contribution in [-0.4, -0.2) is 50.7 Å². The summed E-state index contributed by atoms with van der Waals surface area (Å²) in [5.74, 6) is -2.66. The number of nitrogens with zero attached hydrogens (tertiary/aromatic N) is 3. The topological polar surface area (TPSA) is 119 Å². The van der Waals surface area contributed by atoms with Gasteiger partial charge in [0.25, 0.3) is 5.91 Å². The summed E-state index contributed by atoms with van der Waals surface area (Å²) in [6.45, 7) is -1.09. The van der Waals surface area contributed by atoms with Gasteiger partial charge in [0.05, 0.1) is 5.52 Å². The number of primary amides is 1. The van der Waals surface area contributed by atoms with E-state index in [-0.39, 0.29) is 5.69 Å². The first-order chi connectivity index (χ1) is 9.90. The second-order valence-electron chi connectivity index (χ2n) is 4.51. The van der Waals surface area contributed by atoms with E-state index in [1.54, 1.807) is 31.3 Å². The van der Waals surface area contributed by atoms with Crippen molar-refractivity contribution in [1.29, 1.82) is 0 Å². The van der Waals surface area contributed by atoms with Crippen LogP contribution in [0.1, 0.15) is 10.5 Å². The Morgan fingerprint density at radius 3 is 2.57 bits per heavy atom. The molecule has 0 unspecified atom stereocenters. The molecule has 110 valence electrons. The summed E-state index contributed by atoms with van der Waals surface area (Å²) < 4.78 is 1.52. The number of para-hydroxylation sites is 1. The van der Waals surface area contributed by atoms with Crippen molar-refractivity contribution in [3.05, 3.63) is 30.0 Å². The van der Waals surface area contributed by atoms with E-state index in [4.69, 9.17) is 10.8 Å². The Morgan fingerprint density at radius 2 is 1.95 bits per heavy atom. The summed E-state index contributed by atoms with van der Waals surface area (Å²) in [6.07, 6.45) is 0. The normalized spacial score (nSPS) is 10.5. The lowest BCUT2D eigenvalue weighted by molar-refractivity contribution is -0.138. The van der Waals surface area contributed by atoms with E-state index in [2.05, 4.69) is 5.10 Å². The minimum atomic E-state index is -1.23. The number of carboxylic acid groups (broad SMARTS) is 1. The summed E-state index contributed by atoms with van der Waals surface area (Å²) in [5.41, 5.74) is 5.88. The Hall–Kier alpha value is -2.90. The second kappa shape index (κ2) is 5.61. The van der Waals surface area contributed by atoms with Crippen molar-refractivity contribution >= 4 is 28.7 Å². The number of carbonyl (C=O) groups excluding carboxylic acids is 2. The van der Waals surface area contributed by atoms with Gasteiger partial charge in [0.2, 0.25) is 5.91 Å². The minimum absolute atomic E-state index is 0.0931. The highest BCUT2D eigenvalue weighted by Crippen LogP contribution is 2.18. The fourth-order valence-corrected chi connectivity index (χ4v) is 2.07. The second-order valence-corrected chi connectivity index (χ2v) is 4.51. The van der Waals surface area contributed by atoms with E-state index in [1.807, 2.05) is 0 Å².